The summed E-state index contributed by atoms with van der Waals surface area (Å²) in [5, 5.41) is 10.3. The van der Waals surface area contributed by atoms with Gasteiger partial charge in [0, 0.05) is 11.6 Å². The van der Waals surface area contributed by atoms with Crippen molar-refractivity contribution in [2.24, 2.45) is 0 Å². The molecule has 0 aliphatic rings. The van der Waals surface area contributed by atoms with Crippen LogP contribution >= 0.6 is 11.6 Å². The fourth-order valence-corrected chi connectivity index (χ4v) is 1.13. The number of methoxy groups -OCH3 is 1. The largest absolute Gasteiger partial charge is 0.469 e. The molecule has 80 valence electrons. The van der Waals surface area contributed by atoms with Crippen molar-refractivity contribution in [3.8, 4) is 0 Å². The number of esters is 1. The van der Waals surface area contributed by atoms with E-state index in [0.29, 0.717) is 5.56 Å². The molecule has 0 radical (unpaired) electrons. The van der Waals surface area contributed by atoms with Crippen LogP contribution in [0.5, 0.6) is 0 Å². The van der Waals surface area contributed by atoms with Crippen molar-refractivity contribution in [2.45, 2.75) is 6.42 Å². The van der Waals surface area contributed by atoms with Crippen molar-refractivity contribution in [3.05, 3.63) is 33.0 Å². The third-order valence-electron chi connectivity index (χ3n) is 1.66. The van der Waals surface area contributed by atoms with Gasteiger partial charge in [0.05, 0.1) is 13.5 Å². The van der Waals surface area contributed by atoms with E-state index in [1.54, 1.807) is 0 Å². The first kappa shape index (κ1) is 11.4. The maximum Gasteiger partial charge on any atom is 0.365 e. The molecule has 0 bridgehead atoms. The minimum Gasteiger partial charge on any atom is -0.469 e. The first-order valence-corrected chi connectivity index (χ1v) is 4.29. The molecule has 1 rings (SSSR count). The smallest absolute Gasteiger partial charge is 0.365 e. The standard InChI is InChI=1S/C8H7ClN2O4/c1-15-7(12)4-5-2-3-6(11(13)14)10-8(5)9/h2-3H,4H2,1H3. The molecule has 7 heteroatoms. The van der Waals surface area contributed by atoms with E-state index in [2.05, 4.69) is 9.72 Å². The lowest BCUT2D eigenvalue weighted by atomic mass is 10.2. The highest BCUT2D eigenvalue weighted by atomic mass is 35.5. The highest BCUT2D eigenvalue weighted by Gasteiger charge is 2.15. The van der Waals surface area contributed by atoms with Crippen LogP contribution in [0.15, 0.2) is 12.1 Å². The van der Waals surface area contributed by atoms with Gasteiger partial charge in [0.15, 0.2) is 0 Å². The van der Waals surface area contributed by atoms with Crippen molar-refractivity contribution in [1.82, 2.24) is 4.98 Å². The normalized spacial score (nSPS) is 9.73. The molecule has 1 aromatic heterocycles. The Morgan fingerprint density at radius 3 is 2.80 bits per heavy atom. The predicted octanol–water partition coefficient (Wildman–Crippen LogP) is 1.36. The Kier molecular flexibility index (Phi) is 3.56. The molecule has 15 heavy (non-hydrogen) atoms. The van der Waals surface area contributed by atoms with E-state index in [0.717, 1.165) is 0 Å². The number of hydrogen-bond donors (Lipinski definition) is 0. The van der Waals surface area contributed by atoms with Crippen LogP contribution in [0.3, 0.4) is 0 Å². The highest BCUT2D eigenvalue weighted by Crippen LogP contribution is 2.18. The quantitative estimate of drug-likeness (QED) is 0.339. The van der Waals surface area contributed by atoms with E-state index in [4.69, 9.17) is 11.6 Å². The molecule has 0 atom stereocenters. The summed E-state index contributed by atoms with van der Waals surface area (Å²) in [6.45, 7) is 0. The van der Waals surface area contributed by atoms with E-state index in [1.807, 2.05) is 0 Å². The van der Waals surface area contributed by atoms with E-state index < -0.39 is 10.9 Å². The third-order valence-corrected chi connectivity index (χ3v) is 1.99. The van der Waals surface area contributed by atoms with Gasteiger partial charge in [0.25, 0.3) is 0 Å². The number of nitro groups is 1. The number of carbonyl (C=O) groups excluding carboxylic acids is 1. The minimum absolute atomic E-state index is 0.0552. The first-order valence-electron chi connectivity index (χ1n) is 3.91. The van der Waals surface area contributed by atoms with Gasteiger partial charge in [0.1, 0.15) is 0 Å². The molecular weight excluding hydrogens is 224 g/mol. The summed E-state index contributed by atoms with van der Waals surface area (Å²) in [7, 11) is 1.25. The van der Waals surface area contributed by atoms with Gasteiger partial charge in [0.2, 0.25) is 5.15 Å². The summed E-state index contributed by atoms with van der Waals surface area (Å²) >= 11 is 5.65. The molecule has 6 nitrogen and oxygen atoms in total. The summed E-state index contributed by atoms with van der Waals surface area (Å²) in [5.41, 5.74) is 0.397. The number of hydrogen-bond acceptors (Lipinski definition) is 5. The second kappa shape index (κ2) is 4.70. The number of halogens is 1. The lowest BCUT2D eigenvalue weighted by Gasteiger charge is -1.99. The lowest BCUT2D eigenvalue weighted by Crippen LogP contribution is -2.06. The summed E-state index contributed by atoms with van der Waals surface area (Å²) in [5.74, 6) is -0.832. The van der Waals surface area contributed by atoms with Crippen molar-refractivity contribution in [2.75, 3.05) is 7.11 Å². The van der Waals surface area contributed by atoms with Gasteiger partial charge in [-0.3, -0.25) is 4.79 Å². The number of nitrogens with zero attached hydrogens (tertiary/aromatic N) is 2. The molecule has 0 aromatic carbocycles. The number of rotatable bonds is 3. The average molecular weight is 231 g/mol. The zero-order valence-corrected chi connectivity index (χ0v) is 8.52. The highest BCUT2D eigenvalue weighted by molar-refractivity contribution is 6.30. The average Bonchev–Trinajstić information content (AvgIpc) is 2.20. The van der Waals surface area contributed by atoms with E-state index in [1.165, 1.54) is 19.2 Å². The molecule has 0 fully saturated rings. The van der Waals surface area contributed by atoms with E-state index in [-0.39, 0.29) is 17.4 Å². The molecule has 0 saturated carbocycles. The summed E-state index contributed by atoms with van der Waals surface area (Å²) < 4.78 is 4.43. The molecule has 1 aromatic rings. The van der Waals surface area contributed by atoms with Crippen molar-refractivity contribution < 1.29 is 14.5 Å². The van der Waals surface area contributed by atoms with Gasteiger partial charge in [-0.2, -0.15) is 0 Å². The Hall–Kier alpha value is -1.69. The Morgan fingerprint density at radius 1 is 1.67 bits per heavy atom. The molecule has 0 aliphatic heterocycles. The zero-order valence-electron chi connectivity index (χ0n) is 7.77. The van der Waals surface area contributed by atoms with E-state index >= 15 is 0 Å². The van der Waals surface area contributed by atoms with Crippen molar-refractivity contribution >= 4 is 23.4 Å². The zero-order chi connectivity index (χ0) is 11.4. The van der Waals surface area contributed by atoms with Crippen molar-refractivity contribution in [1.29, 1.82) is 0 Å². The fourth-order valence-electron chi connectivity index (χ4n) is 0.915. The maximum absolute atomic E-state index is 10.9. The lowest BCUT2D eigenvalue weighted by molar-refractivity contribution is -0.389. The molecule has 0 spiro atoms. The molecule has 0 aliphatic carbocycles. The predicted molar refractivity (Wildman–Crippen MR) is 51.6 cm³/mol. The Morgan fingerprint density at radius 2 is 2.33 bits per heavy atom. The minimum atomic E-state index is -0.659. The van der Waals surface area contributed by atoms with Crippen LogP contribution in [0.25, 0.3) is 0 Å². The molecule has 0 saturated heterocycles. The second-order valence-electron chi connectivity index (χ2n) is 2.63. The second-order valence-corrected chi connectivity index (χ2v) is 2.99. The molecule has 0 unspecified atom stereocenters. The van der Waals surface area contributed by atoms with Crippen LogP contribution in [0.2, 0.25) is 5.15 Å². The van der Waals surface area contributed by atoms with Gasteiger partial charge < -0.3 is 14.9 Å². The number of aromatic nitrogens is 1. The maximum atomic E-state index is 10.9. The third kappa shape index (κ3) is 2.88. The summed E-state index contributed by atoms with van der Waals surface area (Å²) in [6.07, 6.45) is -0.0552. The van der Waals surface area contributed by atoms with Gasteiger partial charge in [-0.05, 0) is 27.6 Å². The first-order chi connectivity index (χ1) is 7.04. The van der Waals surface area contributed by atoms with Crippen LogP contribution in [-0.2, 0) is 16.0 Å². The van der Waals surface area contributed by atoms with Crippen LogP contribution in [0, 0.1) is 10.1 Å². The van der Waals surface area contributed by atoms with Crippen LogP contribution in [0.4, 0.5) is 5.82 Å². The Balaban J connectivity index is 2.93. The van der Waals surface area contributed by atoms with Gasteiger partial charge in [-0.1, -0.05) is 0 Å². The van der Waals surface area contributed by atoms with Crippen LogP contribution < -0.4 is 0 Å². The van der Waals surface area contributed by atoms with Gasteiger partial charge >= 0.3 is 11.8 Å². The van der Waals surface area contributed by atoms with Crippen LogP contribution in [0.1, 0.15) is 5.56 Å². The Bertz CT molecular complexity index is 408. The number of carbonyl (C=O) groups is 1. The SMILES string of the molecule is COC(=O)Cc1ccc([N+](=O)[O-])nc1Cl. The molecular formula is C8H7ClN2O4. The van der Waals surface area contributed by atoms with Gasteiger partial charge in [-0.15, -0.1) is 0 Å². The van der Waals surface area contributed by atoms with Crippen molar-refractivity contribution in [3.63, 3.8) is 0 Å². The molecule has 0 amide bonds. The topological polar surface area (TPSA) is 82.3 Å². The Labute approximate surface area is 90.0 Å². The number of pyridine rings is 1. The monoisotopic (exact) mass is 230 g/mol. The molecule has 0 N–H and O–H groups in total. The number of ether oxygens (including phenoxy) is 1. The fraction of sp³-hybridized carbons (Fsp3) is 0.250. The molecule has 1 heterocycles. The van der Waals surface area contributed by atoms with E-state index in [9.17, 15) is 14.9 Å². The summed E-state index contributed by atoms with van der Waals surface area (Å²) in [6, 6.07) is 2.56. The summed E-state index contributed by atoms with van der Waals surface area (Å²) in [4.78, 5) is 24.1. The van der Waals surface area contributed by atoms with Gasteiger partial charge in [-0.25, -0.2) is 0 Å². The van der Waals surface area contributed by atoms with Crippen LogP contribution in [-0.4, -0.2) is 23.0 Å².